The van der Waals surface area contributed by atoms with E-state index in [1.807, 2.05) is 6.92 Å². The van der Waals surface area contributed by atoms with E-state index < -0.39 is 17.9 Å². The van der Waals surface area contributed by atoms with Crippen molar-refractivity contribution in [2.75, 3.05) is 13.1 Å². The lowest BCUT2D eigenvalue weighted by molar-refractivity contribution is -0.160. The average Bonchev–Trinajstić information content (AvgIpc) is 2.71. The highest BCUT2D eigenvalue weighted by molar-refractivity contribution is 6.35. The van der Waals surface area contributed by atoms with Crippen LogP contribution in [-0.2, 0) is 20.9 Å². The Balaban J connectivity index is 1.60. The predicted molar refractivity (Wildman–Crippen MR) is 112 cm³/mol. The lowest BCUT2D eigenvalue weighted by Crippen LogP contribution is -2.60. The van der Waals surface area contributed by atoms with Crippen molar-refractivity contribution in [3.8, 4) is 0 Å². The standard InChI is InChI=1S/C23H32FN3O3/c1-2-20(21(28)25-19-8-6-4-3-5-7-9-19)27-15-14-26(22(29)23(27)30)16-17-10-12-18(24)13-11-17/h10-13,19-20H,2-9,14-16H2,1H3,(H,25,28). The van der Waals surface area contributed by atoms with Crippen LogP contribution in [0, 0.1) is 5.82 Å². The highest BCUT2D eigenvalue weighted by atomic mass is 19.1. The molecule has 2 aliphatic rings. The summed E-state index contributed by atoms with van der Waals surface area (Å²) in [6, 6.07) is 5.42. The largest absolute Gasteiger partial charge is 0.352 e. The first-order chi connectivity index (χ1) is 14.5. The smallest absolute Gasteiger partial charge is 0.312 e. The number of nitrogens with one attached hydrogen (secondary N) is 1. The first-order valence-electron chi connectivity index (χ1n) is 11.1. The summed E-state index contributed by atoms with van der Waals surface area (Å²) >= 11 is 0. The fourth-order valence-electron chi connectivity index (χ4n) is 4.39. The first kappa shape index (κ1) is 22.2. The molecule has 1 aromatic carbocycles. The first-order valence-corrected chi connectivity index (χ1v) is 11.1. The Hall–Kier alpha value is -2.44. The van der Waals surface area contributed by atoms with Gasteiger partial charge in [-0.3, -0.25) is 14.4 Å². The molecule has 0 radical (unpaired) electrons. The summed E-state index contributed by atoms with van der Waals surface area (Å²) in [5.41, 5.74) is 0.764. The minimum atomic E-state index is -0.636. The van der Waals surface area contributed by atoms with Crippen LogP contribution in [-0.4, -0.2) is 52.7 Å². The number of hydrogen-bond acceptors (Lipinski definition) is 3. The minimum absolute atomic E-state index is 0.150. The van der Waals surface area contributed by atoms with Crippen LogP contribution in [0.15, 0.2) is 24.3 Å². The number of nitrogens with zero attached hydrogens (tertiary/aromatic N) is 2. The Morgan fingerprint density at radius 3 is 2.30 bits per heavy atom. The van der Waals surface area contributed by atoms with Gasteiger partial charge in [-0.1, -0.05) is 51.2 Å². The van der Waals surface area contributed by atoms with Crippen molar-refractivity contribution in [3.05, 3.63) is 35.6 Å². The molecule has 1 atom stereocenters. The Kier molecular flexibility index (Phi) is 7.82. The van der Waals surface area contributed by atoms with Gasteiger partial charge in [-0.2, -0.15) is 0 Å². The van der Waals surface area contributed by atoms with Gasteiger partial charge < -0.3 is 15.1 Å². The minimum Gasteiger partial charge on any atom is -0.352 e. The third-order valence-electron chi connectivity index (χ3n) is 6.15. The molecule has 1 N–H and O–H groups in total. The van der Waals surface area contributed by atoms with E-state index in [0.29, 0.717) is 19.5 Å². The number of benzene rings is 1. The summed E-state index contributed by atoms with van der Waals surface area (Å²) in [4.78, 5) is 41.2. The predicted octanol–water partition coefficient (Wildman–Crippen LogP) is 3.00. The molecule has 1 aromatic rings. The fourth-order valence-corrected chi connectivity index (χ4v) is 4.39. The second-order valence-electron chi connectivity index (χ2n) is 8.33. The van der Waals surface area contributed by atoms with Gasteiger partial charge in [-0.25, -0.2) is 4.39 Å². The average molecular weight is 418 g/mol. The summed E-state index contributed by atoms with van der Waals surface area (Å²) < 4.78 is 13.1. The van der Waals surface area contributed by atoms with Crippen molar-refractivity contribution in [1.82, 2.24) is 15.1 Å². The van der Waals surface area contributed by atoms with Crippen molar-refractivity contribution < 1.29 is 18.8 Å². The van der Waals surface area contributed by atoms with Crippen LogP contribution in [0.3, 0.4) is 0 Å². The summed E-state index contributed by atoms with van der Waals surface area (Å²) in [7, 11) is 0. The lowest BCUT2D eigenvalue weighted by Gasteiger charge is -2.38. The molecule has 0 spiro atoms. The SMILES string of the molecule is CCC(C(=O)NC1CCCCCCC1)N1CCN(Cc2ccc(F)cc2)C(=O)C1=O. The highest BCUT2D eigenvalue weighted by Crippen LogP contribution is 2.19. The van der Waals surface area contributed by atoms with Gasteiger partial charge in [0, 0.05) is 25.7 Å². The quantitative estimate of drug-likeness (QED) is 0.724. The summed E-state index contributed by atoms with van der Waals surface area (Å²) in [6.07, 6.45) is 8.30. The van der Waals surface area contributed by atoms with Gasteiger partial charge in [0.2, 0.25) is 5.91 Å². The van der Waals surface area contributed by atoms with Crippen molar-refractivity contribution in [2.24, 2.45) is 0 Å². The van der Waals surface area contributed by atoms with Crippen LogP contribution in [0.4, 0.5) is 4.39 Å². The molecule has 1 unspecified atom stereocenters. The van der Waals surface area contributed by atoms with Crippen LogP contribution in [0.25, 0.3) is 0 Å². The number of rotatable bonds is 6. The third-order valence-corrected chi connectivity index (χ3v) is 6.15. The molecule has 0 bridgehead atoms. The van der Waals surface area contributed by atoms with Crippen LogP contribution in [0.5, 0.6) is 0 Å². The molecule has 1 heterocycles. The van der Waals surface area contributed by atoms with Gasteiger partial charge >= 0.3 is 11.8 Å². The zero-order chi connectivity index (χ0) is 21.5. The number of halogens is 1. The second-order valence-corrected chi connectivity index (χ2v) is 8.33. The van der Waals surface area contributed by atoms with E-state index in [1.54, 1.807) is 12.1 Å². The summed E-state index contributed by atoms with van der Waals surface area (Å²) in [5, 5.41) is 3.13. The van der Waals surface area contributed by atoms with Crippen LogP contribution >= 0.6 is 0 Å². The van der Waals surface area contributed by atoms with Crippen LogP contribution < -0.4 is 5.32 Å². The lowest BCUT2D eigenvalue weighted by atomic mass is 9.96. The second kappa shape index (κ2) is 10.5. The Labute approximate surface area is 177 Å². The van der Waals surface area contributed by atoms with Gasteiger partial charge in [0.1, 0.15) is 11.9 Å². The van der Waals surface area contributed by atoms with Gasteiger partial charge in [-0.15, -0.1) is 0 Å². The number of amides is 3. The Morgan fingerprint density at radius 1 is 1.03 bits per heavy atom. The zero-order valence-corrected chi connectivity index (χ0v) is 17.7. The normalized spacial score (nSPS) is 19.9. The van der Waals surface area contributed by atoms with Crippen LogP contribution in [0.1, 0.15) is 63.9 Å². The molecule has 0 aromatic heterocycles. The van der Waals surface area contributed by atoms with Crippen molar-refractivity contribution in [3.63, 3.8) is 0 Å². The number of carbonyl (C=O) groups excluding carboxylic acids is 3. The molecule has 1 saturated carbocycles. The molecule has 6 nitrogen and oxygen atoms in total. The molecule has 3 rings (SSSR count). The van der Waals surface area contributed by atoms with E-state index in [0.717, 1.165) is 31.2 Å². The van der Waals surface area contributed by atoms with Gasteiger partial charge in [0.25, 0.3) is 0 Å². The monoisotopic (exact) mass is 417 g/mol. The maximum absolute atomic E-state index is 13.1. The maximum atomic E-state index is 13.1. The molecule has 2 fully saturated rings. The summed E-state index contributed by atoms with van der Waals surface area (Å²) in [5.74, 6) is -1.74. The van der Waals surface area contributed by atoms with Crippen LogP contribution in [0.2, 0.25) is 0 Å². The molecule has 1 saturated heterocycles. The maximum Gasteiger partial charge on any atom is 0.312 e. The Bertz CT molecular complexity index is 745. The highest BCUT2D eigenvalue weighted by Gasteiger charge is 2.38. The molecule has 1 aliphatic heterocycles. The van der Waals surface area contributed by atoms with E-state index in [4.69, 9.17) is 0 Å². The molecule has 164 valence electrons. The fraction of sp³-hybridized carbons (Fsp3) is 0.609. The summed E-state index contributed by atoms with van der Waals surface area (Å²) in [6.45, 7) is 2.80. The number of piperazine rings is 1. The van der Waals surface area contributed by atoms with E-state index in [1.165, 1.54) is 41.2 Å². The molecule has 1 aliphatic carbocycles. The van der Waals surface area contributed by atoms with E-state index in [-0.39, 0.29) is 24.3 Å². The molecule has 3 amide bonds. The number of hydrogen-bond donors (Lipinski definition) is 1. The third kappa shape index (κ3) is 5.58. The van der Waals surface area contributed by atoms with E-state index >= 15 is 0 Å². The van der Waals surface area contributed by atoms with Gasteiger partial charge in [0.05, 0.1) is 0 Å². The van der Waals surface area contributed by atoms with Crippen molar-refractivity contribution in [1.29, 1.82) is 0 Å². The molecule has 7 heteroatoms. The zero-order valence-electron chi connectivity index (χ0n) is 17.7. The Morgan fingerprint density at radius 2 is 1.67 bits per heavy atom. The van der Waals surface area contributed by atoms with E-state index in [9.17, 15) is 18.8 Å². The molecule has 30 heavy (non-hydrogen) atoms. The topological polar surface area (TPSA) is 69.7 Å². The number of carbonyl (C=O) groups is 3. The van der Waals surface area contributed by atoms with E-state index in [2.05, 4.69) is 5.32 Å². The molecular weight excluding hydrogens is 385 g/mol. The van der Waals surface area contributed by atoms with Crippen molar-refractivity contribution >= 4 is 17.7 Å². The van der Waals surface area contributed by atoms with Crippen molar-refractivity contribution in [2.45, 2.75) is 76.9 Å². The van der Waals surface area contributed by atoms with Gasteiger partial charge in [-0.05, 0) is 37.0 Å². The van der Waals surface area contributed by atoms with Gasteiger partial charge in [0.15, 0.2) is 0 Å². The molecular formula is C23H32FN3O3.